The van der Waals surface area contributed by atoms with Crippen molar-refractivity contribution >= 4 is 0 Å². The molecule has 2 heterocycles. The van der Waals surface area contributed by atoms with Gasteiger partial charge in [0.15, 0.2) is 0 Å². The summed E-state index contributed by atoms with van der Waals surface area (Å²) in [4.78, 5) is 8.63. The van der Waals surface area contributed by atoms with Crippen molar-refractivity contribution in [2.24, 2.45) is 0 Å². The summed E-state index contributed by atoms with van der Waals surface area (Å²) in [5.74, 6) is 0.809. The fourth-order valence-electron chi connectivity index (χ4n) is 1.52. The van der Waals surface area contributed by atoms with E-state index in [1.807, 2.05) is 38.2 Å². The summed E-state index contributed by atoms with van der Waals surface area (Å²) in [5, 5.41) is 0. The summed E-state index contributed by atoms with van der Waals surface area (Å²) in [6.07, 6.45) is 3.64. The third kappa shape index (κ3) is 2.03. The van der Waals surface area contributed by atoms with Gasteiger partial charge in [-0.3, -0.25) is 9.97 Å². The Bertz CT molecular complexity index is 492. The lowest BCUT2D eigenvalue weighted by molar-refractivity contribution is 0.415. The van der Waals surface area contributed by atoms with E-state index in [1.165, 1.54) is 0 Å². The standard InChI is InChI=1S/C13H14N2O/c1-9-4-5-12(15-7-9)11-8-14-10(2)6-13(11)16-3/h4-8H,1-3H3. The van der Waals surface area contributed by atoms with Crippen LogP contribution in [-0.2, 0) is 0 Å². The molecule has 3 nitrogen and oxygen atoms in total. The molecule has 0 aliphatic carbocycles. The van der Waals surface area contributed by atoms with Gasteiger partial charge in [0.1, 0.15) is 5.75 Å². The van der Waals surface area contributed by atoms with E-state index in [4.69, 9.17) is 4.74 Å². The van der Waals surface area contributed by atoms with Crippen LogP contribution >= 0.6 is 0 Å². The first-order chi connectivity index (χ1) is 7.70. The van der Waals surface area contributed by atoms with Gasteiger partial charge in [-0.1, -0.05) is 6.07 Å². The predicted octanol–water partition coefficient (Wildman–Crippen LogP) is 2.77. The van der Waals surface area contributed by atoms with Crippen molar-refractivity contribution in [3.05, 3.63) is 41.9 Å². The molecular formula is C13H14N2O. The molecule has 0 saturated carbocycles. The van der Waals surface area contributed by atoms with Crippen LogP contribution in [0.2, 0.25) is 0 Å². The lowest BCUT2D eigenvalue weighted by Gasteiger charge is -2.08. The number of hydrogen-bond acceptors (Lipinski definition) is 3. The smallest absolute Gasteiger partial charge is 0.131 e. The summed E-state index contributed by atoms with van der Waals surface area (Å²) in [5.41, 5.74) is 3.89. The van der Waals surface area contributed by atoms with E-state index >= 15 is 0 Å². The molecule has 16 heavy (non-hydrogen) atoms. The van der Waals surface area contributed by atoms with Crippen molar-refractivity contribution in [3.8, 4) is 17.0 Å². The first kappa shape index (κ1) is 10.6. The molecule has 0 aromatic carbocycles. The molecule has 3 heteroatoms. The van der Waals surface area contributed by atoms with Crippen molar-refractivity contribution in [3.63, 3.8) is 0 Å². The maximum Gasteiger partial charge on any atom is 0.131 e. The highest BCUT2D eigenvalue weighted by molar-refractivity contribution is 5.66. The Labute approximate surface area is 95.1 Å². The first-order valence-corrected chi connectivity index (χ1v) is 5.14. The number of nitrogens with zero attached hydrogens (tertiary/aromatic N) is 2. The van der Waals surface area contributed by atoms with E-state index in [9.17, 15) is 0 Å². The Kier molecular flexibility index (Phi) is 2.86. The molecule has 2 rings (SSSR count). The van der Waals surface area contributed by atoms with Crippen molar-refractivity contribution in [2.45, 2.75) is 13.8 Å². The average molecular weight is 214 g/mol. The molecule has 0 spiro atoms. The minimum atomic E-state index is 0.809. The maximum absolute atomic E-state index is 5.33. The number of pyridine rings is 2. The molecule has 2 aromatic heterocycles. The SMILES string of the molecule is COc1cc(C)ncc1-c1ccc(C)cn1. The number of rotatable bonds is 2. The summed E-state index contributed by atoms with van der Waals surface area (Å²) in [6, 6.07) is 5.92. The zero-order valence-corrected chi connectivity index (χ0v) is 9.69. The summed E-state index contributed by atoms with van der Waals surface area (Å²) < 4.78 is 5.33. The zero-order chi connectivity index (χ0) is 11.5. The second-order valence-electron chi connectivity index (χ2n) is 3.75. The normalized spacial score (nSPS) is 10.2. The van der Waals surface area contributed by atoms with E-state index in [-0.39, 0.29) is 0 Å². The van der Waals surface area contributed by atoms with Gasteiger partial charge in [-0.15, -0.1) is 0 Å². The zero-order valence-electron chi connectivity index (χ0n) is 9.69. The minimum absolute atomic E-state index is 0.809. The quantitative estimate of drug-likeness (QED) is 0.771. The van der Waals surface area contributed by atoms with Crippen LogP contribution in [0.1, 0.15) is 11.3 Å². The molecule has 0 fully saturated rings. The van der Waals surface area contributed by atoms with E-state index in [0.717, 1.165) is 28.3 Å². The molecule has 0 bridgehead atoms. The van der Waals surface area contributed by atoms with Crippen LogP contribution in [0.25, 0.3) is 11.3 Å². The summed E-state index contributed by atoms with van der Waals surface area (Å²) in [7, 11) is 1.66. The number of aromatic nitrogens is 2. The van der Waals surface area contributed by atoms with Crippen molar-refractivity contribution < 1.29 is 4.74 Å². The Hall–Kier alpha value is -1.90. The Balaban J connectivity index is 2.51. The molecule has 0 radical (unpaired) electrons. The molecule has 0 aliphatic rings. The Morgan fingerprint density at radius 1 is 1.06 bits per heavy atom. The highest BCUT2D eigenvalue weighted by Crippen LogP contribution is 2.27. The van der Waals surface area contributed by atoms with Gasteiger partial charge in [0, 0.05) is 24.2 Å². The molecule has 0 unspecified atom stereocenters. The van der Waals surface area contributed by atoms with Crippen LogP contribution in [-0.4, -0.2) is 17.1 Å². The lowest BCUT2D eigenvalue weighted by Crippen LogP contribution is -1.93. The third-order valence-electron chi connectivity index (χ3n) is 2.41. The average Bonchev–Trinajstić information content (AvgIpc) is 2.30. The third-order valence-corrected chi connectivity index (χ3v) is 2.41. The van der Waals surface area contributed by atoms with Crippen LogP contribution in [0.5, 0.6) is 5.75 Å². The molecule has 2 aromatic rings. The number of aryl methyl sites for hydroxylation is 2. The van der Waals surface area contributed by atoms with Gasteiger partial charge in [-0.05, 0) is 25.5 Å². The van der Waals surface area contributed by atoms with E-state index in [1.54, 1.807) is 13.3 Å². The van der Waals surface area contributed by atoms with Crippen LogP contribution in [0.4, 0.5) is 0 Å². The van der Waals surface area contributed by atoms with Gasteiger partial charge in [0.25, 0.3) is 0 Å². The second kappa shape index (κ2) is 4.31. The highest BCUT2D eigenvalue weighted by Gasteiger charge is 2.07. The molecule has 82 valence electrons. The molecule has 0 aliphatic heterocycles. The molecule has 0 saturated heterocycles. The van der Waals surface area contributed by atoms with Gasteiger partial charge in [-0.25, -0.2) is 0 Å². The Morgan fingerprint density at radius 2 is 1.88 bits per heavy atom. The summed E-state index contributed by atoms with van der Waals surface area (Å²) in [6.45, 7) is 3.95. The molecule has 0 amide bonds. The number of hydrogen-bond donors (Lipinski definition) is 0. The van der Waals surface area contributed by atoms with Crippen LogP contribution in [0, 0.1) is 13.8 Å². The number of methoxy groups -OCH3 is 1. The fraction of sp³-hybridized carbons (Fsp3) is 0.231. The predicted molar refractivity (Wildman–Crippen MR) is 63.5 cm³/mol. The monoisotopic (exact) mass is 214 g/mol. The molecular weight excluding hydrogens is 200 g/mol. The van der Waals surface area contributed by atoms with Gasteiger partial charge < -0.3 is 4.74 Å². The lowest BCUT2D eigenvalue weighted by atomic mass is 10.1. The second-order valence-corrected chi connectivity index (χ2v) is 3.75. The highest BCUT2D eigenvalue weighted by atomic mass is 16.5. The largest absolute Gasteiger partial charge is 0.496 e. The van der Waals surface area contributed by atoms with Crippen molar-refractivity contribution in [2.75, 3.05) is 7.11 Å². The van der Waals surface area contributed by atoms with Crippen molar-refractivity contribution in [1.29, 1.82) is 0 Å². The van der Waals surface area contributed by atoms with Crippen LogP contribution < -0.4 is 4.74 Å². The summed E-state index contributed by atoms with van der Waals surface area (Å²) >= 11 is 0. The van der Waals surface area contributed by atoms with Gasteiger partial charge in [0.05, 0.1) is 18.4 Å². The maximum atomic E-state index is 5.33. The van der Waals surface area contributed by atoms with Gasteiger partial charge in [-0.2, -0.15) is 0 Å². The fourth-order valence-corrected chi connectivity index (χ4v) is 1.52. The van der Waals surface area contributed by atoms with Crippen LogP contribution in [0.3, 0.4) is 0 Å². The minimum Gasteiger partial charge on any atom is -0.496 e. The first-order valence-electron chi connectivity index (χ1n) is 5.14. The van der Waals surface area contributed by atoms with Crippen molar-refractivity contribution in [1.82, 2.24) is 9.97 Å². The molecule has 0 N–H and O–H groups in total. The number of ether oxygens (including phenoxy) is 1. The van der Waals surface area contributed by atoms with Gasteiger partial charge >= 0.3 is 0 Å². The van der Waals surface area contributed by atoms with E-state index in [2.05, 4.69) is 9.97 Å². The van der Waals surface area contributed by atoms with Gasteiger partial charge in [0.2, 0.25) is 0 Å². The van der Waals surface area contributed by atoms with E-state index < -0.39 is 0 Å². The topological polar surface area (TPSA) is 35.0 Å². The molecule has 0 atom stereocenters. The van der Waals surface area contributed by atoms with Crippen LogP contribution in [0.15, 0.2) is 30.6 Å². The van der Waals surface area contributed by atoms with E-state index in [0.29, 0.717) is 0 Å². The Morgan fingerprint density at radius 3 is 2.50 bits per heavy atom.